The minimum Gasteiger partial charge on any atom is -0.490 e. The highest BCUT2D eigenvalue weighted by atomic mass is 79.9. The van der Waals surface area contributed by atoms with Crippen LogP contribution in [0.3, 0.4) is 0 Å². The molecule has 136 valence electrons. The molecule has 0 spiro atoms. The van der Waals surface area contributed by atoms with E-state index in [2.05, 4.69) is 21.2 Å². The van der Waals surface area contributed by atoms with Gasteiger partial charge in [-0.2, -0.15) is 0 Å². The quantitative estimate of drug-likeness (QED) is 0.812. The van der Waals surface area contributed by atoms with Crippen LogP contribution >= 0.6 is 15.9 Å². The Balaban J connectivity index is 1.63. The number of ether oxygens (including phenoxy) is 1. The van der Waals surface area contributed by atoms with Gasteiger partial charge >= 0.3 is 0 Å². The van der Waals surface area contributed by atoms with Gasteiger partial charge in [0.2, 0.25) is 5.91 Å². The van der Waals surface area contributed by atoms with Crippen LogP contribution in [0.25, 0.3) is 0 Å². The van der Waals surface area contributed by atoms with Crippen LogP contribution in [0.5, 0.6) is 5.75 Å². The first-order valence-electron chi connectivity index (χ1n) is 9.00. The molecule has 2 fully saturated rings. The minimum atomic E-state index is -0.0239. The van der Waals surface area contributed by atoms with Gasteiger partial charge in [0.15, 0.2) is 0 Å². The number of rotatable bonds is 5. The van der Waals surface area contributed by atoms with E-state index in [-0.39, 0.29) is 23.8 Å². The maximum absolute atomic E-state index is 12.9. The molecule has 1 aromatic rings. The minimum absolute atomic E-state index is 0.00212. The van der Waals surface area contributed by atoms with Crippen LogP contribution < -0.4 is 10.1 Å². The highest BCUT2D eigenvalue weighted by Crippen LogP contribution is 2.28. The van der Waals surface area contributed by atoms with E-state index in [1.807, 2.05) is 30.9 Å². The van der Waals surface area contributed by atoms with E-state index < -0.39 is 0 Å². The van der Waals surface area contributed by atoms with E-state index in [4.69, 9.17) is 4.74 Å². The Morgan fingerprint density at radius 2 is 1.88 bits per heavy atom. The molecule has 2 aliphatic rings. The molecular weight excluding hydrogens is 384 g/mol. The van der Waals surface area contributed by atoms with E-state index in [0.717, 1.165) is 30.2 Å². The molecule has 1 aliphatic heterocycles. The molecule has 6 heteroatoms. The third-order valence-electron chi connectivity index (χ3n) is 4.61. The molecule has 0 bridgehead atoms. The van der Waals surface area contributed by atoms with Crippen molar-refractivity contribution >= 4 is 27.7 Å². The van der Waals surface area contributed by atoms with E-state index >= 15 is 0 Å². The molecule has 1 N–H and O–H groups in total. The Kier molecular flexibility index (Phi) is 5.67. The van der Waals surface area contributed by atoms with E-state index in [1.165, 1.54) is 0 Å². The SMILES string of the molecule is CC(C)Oc1cc(Br)ccc1C(=O)N1CCC(C(=O)NC2CC2)CC1. The molecule has 0 atom stereocenters. The summed E-state index contributed by atoms with van der Waals surface area (Å²) in [7, 11) is 0. The van der Waals surface area contributed by atoms with Gasteiger partial charge in [-0.15, -0.1) is 0 Å². The largest absolute Gasteiger partial charge is 0.490 e. The molecule has 0 unspecified atom stereocenters. The van der Waals surface area contributed by atoms with Crippen LogP contribution in [-0.2, 0) is 4.79 Å². The Bertz CT molecular complexity index is 650. The van der Waals surface area contributed by atoms with Crippen molar-refractivity contribution < 1.29 is 14.3 Å². The van der Waals surface area contributed by atoms with Gasteiger partial charge in [0, 0.05) is 29.5 Å². The number of hydrogen-bond acceptors (Lipinski definition) is 3. The molecule has 1 aliphatic carbocycles. The molecule has 1 saturated heterocycles. The van der Waals surface area contributed by atoms with Gasteiger partial charge in [0.05, 0.1) is 11.7 Å². The lowest BCUT2D eigenvalue weighted by Gasteiger charge is -2.32. The van der Waals surface area contributed by atoms with Crippen molar-refractivity contribution in [1.29, 1.82) is 0 Å². The van der Waals surface area contributed by atoms with E-state index in [0.29, 0.717) is 30.4 Å². The maximum Gasteiger partial charge on any atom is 0.257 e. The molecule has 0 radical (unpaired) electrons. The number of hydrogen-bond donors (Lipinski definition) is 1. The molecule has 1 saturated carbocycles. The maximum atomic E-state index is 12.9. The third kappa shape index (κ3) is 4.75. The van der Waals surface area contributed by atoms with Crippen LogP contribution in [-0.4, -0.2) is 41.9 Å². The van der Waals surface area contributed by atoms with E-state index in [9.17, 15) is 9.59 Å². The summed E-state index contributed by atoms with van der Waals surface area (Å²) in [6.07, 6.45) is 3.65. The molecule has 3 rings (SSSR count). The standard InChI is InChI=1S/C19H25BrN2O3/c1-12(2)25-17-11-14(20)3-6-16(17)19(24)22-9-7-13(8-10-22)18(23)21-15-4-5-15/h3,6,11-13,15H,4-5,7-10H2,1-2H3,(H,21,23). The van der Waals surface area contributed by atoms with Crippen molar-refractivity contribution in [3.05, 3.63) is 28.2 Å². The third-order valence-corrected chi connectivity index (χ3v) is 5.11. The second-order valence-corrected chi connectivity index (χ2v) is 8.07. The number of carbonyl (C=O) groups excluding carboxylic acids is 2. The Hall–Kier alpha value is -1.56. The fraction of sp³-hybridized carbons (Fsp3) is 0.579. The van der Waals surface area contributed by atoms with Crippen molar-refractivity contribution in [2.45, 2.75) is 51.7 Å². The number of nitrogens with one attached hydrogen (secondary N) is 1. The van der Waals surface area contributed by atoms with E-state index in [1.54, 1.807) is 6.07 Å². The van der Waals surface area contributed by atoms with Crippen molar-refractivity contribution in [2.24, 2.45) is 5.92 Å². The lowest BCUT2D eigenvalue weighted by molar-refractivity contribution is -0.126. The van der Waals surface area contributed by atoms with Crippen LogP contribution in [0.2, 0.25) is 0 Å². The first kappa shape index (κ1) is 18.2. The number of amides is 2. The smallest absolute Gasteiger partial charge is 0.257 e. The predicted molar refractivity (Wildman–Crippen MR) is 99.7 cm³/mol. The Morgan fingerprint density at radius 1 is 1.20 bits per heavy atom. The van der Waals surface area contributed by atoms with Gasteiger partial charge in [-0.1, -0.05) is 15.9 Å². The van der Waals surface area contributed by atoms with Crippen molar-refractivity contribution in [3.63, 3.8) is 0 Å². The van der Waals surface area contributed by atoms with Crippen molar-refractivity contribution in [2.75, 3.05) is 13.1 Å². The molecule has 1 heterocycles. The van der Waals surface area contributed by atoms with Gasteiger partial charge in [-0.3, -0.25) is 9.59 Å². The molecule has 5 nitrogen and oxygen atoms in total. The molecular formula is C19H25BrN2O3. The summed E-state index contributed by atoms with van der Waals surface area (Å²) >= 11 is 3.43. The summed E-state index contributed by atoms with van der Waals surface area (Å²) in [6, 6.07) is 5.89. The lowest BCUT2D eigenvalue weighted by Crippen LogP contribution is -2.43. The number of likely N-dealkylation sites (tertiary alicyclic amines) is 1. The fourth-order valence-electron chi connectivity index (χ4n) is 3.09. The molecule has 0 aromatic heterocycles. The summed E-state index contributed by atoms with van der Waals surface area (Å²) < 4.78 is 6.69. The number of halogens is 1. The topological polar surface area (TPSA) is 58.6 Å². The first-order valence-corrected chi connectivity index (χ1v) is 9.79. The second-order valence-electron chi connectivity index (χ2n) is 7.16. The summed E-state index contributed by atoms with van der Waals surface area (Å²) in [5.74, 6) is 0.759. The van der Waals surface area contributed by atoms with Crippen LogP contribution in [0, 0.1) is 5.92 Å². The first-order chi connectivity index (χ1) is 11.9. The monoisotopic (exact) mass is 408 g/mol. The highest BCUT2D eigenvalue weighted by molar-refractivity contribution is 9.10. The predicted octanol–water partition coefficient (Wildman–Crippen LogP) is 3.37. The number of carbonyl (C=O) groups is 2. The normalized spacial score (nSPS) is 18.3. The molecule has 25 heavy (non-hydrogen) atoms. The van der Waals surface area contributed by atoms with Crippen molar-refractivity contribution in [3.8, 4) is 5.75 Å². The number of nitrogens with zero attached hydrogens (tertiary/aromatic N) is 1. The average Bonchev–Trinajstić information content (AvgIpc) is 3.38. The summed E-state index contributed by atoms with van der Waals surface area (Å²) in [5, 5.41) is 3.07. The number of piperidine rings is 1. The number of benzene rings is 1. The van der Waals surface area contributed by atoms with Gasteiger partial charge < -0.3 is 15.0 Å². The van der Waals surface area contributed by atoms with Crippen LogP contribution in [0.4, 0.5) is 0 Å². The molecule has 2 amide bonds. The zero-order valence-electron chi connectivity index (χ0n) is 14.8. The summed E-state index contributed by atoms with van der Waals surface area (Å²) in [6.45, 7) is 5.11. The van der Waals surface area contributed by atoms with Gasteiger partial charge in [0.25, 0.3) is 5.91 Å². The fourth-order valence-corrected chi connectivity index (χ4v) is 3.43. The average molecular weight is 409 g/mol. The summed E-state index contributed by atoms with van der Waals surface area (Å²) in [5.41, 5.74) is 0.581. The zero-order valence-corrected chi connectivity index (χ0v) is 16.3. The van der Waals surface area contributed by atoms with Gasteiger partial charge in [0.1, 0.15) is 5.75 Å². The summed E-state index contributed by atoms with van der Waals surface area (Å²) in [4.78, 5) is 26.9. The van der Waals surface area contributed by atoms with Crippen LogP contribution in [0.15, 0.2) is 22.7 Å². The molecule has 1 aromatic carbocycles. The van der Waals surface area contributed by atoms with Gasteiger partial charge in [-0.05, 0) is 57.7 Å². The highest BCUT2D eigenvalue weighted by Gasteiger charge is 2.32. The van der Waals surface area contributed by atoms with Crippen molar-refractivity contribution in [1.82, 2.24) is 10.2 Å². The Labute approximate surface area is 157 Å². The Morgan fingerprint density at radius 3 is 2.48 bits per heavy atom. The van der Waals surface area contributed by atoms with Gasteiger partial charge in [-0.25, -0.2) is 0 Å². The second kappa shape index (κ2) is 7.77. The zero-order chi connectivity index (χ0) is 18.0. The lowest BCUT2D eigenvalue weighted by atomic mass is 9.95. The van der Waals surface area contributed by atoms with Crippen LogP contribution in [0.1, 0.15) is 49.9 Å².